The number of carbonyl (C=O) groups excluding carboxylic acids is 1. The van der Waals surface area contributed by atoms with Crippen molar-refractivity contribution >= 4 is 5.91 Å². The molecule has 5 atom stereocenters. The molecule has 10 nitrogen and oxygen atoms in total. The number of nitrogens with one attached hydrogen (secondary N) is 1. The molecular weight excluding hydrogens is 360 g/mol. The van der Waals surface area contributed by atoms with Crippen LogP contribution in [0.25, 0.3) is 0 Å². The van der Waals surface area contributed by atoms with Gasteiger partial charge in [0.1, 0.15) is 18.2 Å². The molecule has 10 heteroatoms. The van der Waals surface area contributed by atoms with E-state index in [-0.39, 0.29) is 12.5 Å². The van der Waals surface area contributed by atoms with Crippen molar-refractivity contribution in [2.75, 3.05) is 52.8 Å². The number of carbonyl (C=O) groups is 1. The van der Waals surface area contributed by atoms with Crippen molar-refractivity contribution in [2.45, 2.75) is 50.9 Å². The van der Waals surface area contributed by atoms with Crippen LogP contribution >= 0.6 is 0 Å². The maximum absolute atomic E-state index is 11.4. The molecule has 1 aliphatic heterocycles. The van der Waals surface area contributed by atoms with Crippen molar-refractivity contribution in [1.82, 2.24) is 5.32 Å². The predicted molar refractivity (Wildman–Crippen MR) is 96.0 cm³/mol. The predicted octanol–water partition coefficient (Wildman–Crippen LogP) is -1.63. The van der Waals surface area contributed by atoms with Crippen LogP contribution in [0, 0.1) is 0 Å². The zero-order chi connectivity index (χ0) is 20.1. The first kappa shape index (κ1) is 24.2. The number of nitrogens with two attached hydrogens (primary N) is 1. The summed E-state index contributed by atoms with van der Waals surface area (Å²) in [7, 11) is 0. The molecule has 0 bridgehead atoms. The van der Waals surface area contributed by atoms with Gasteiger partial charge in [-0.15, -0.1) is 0 Å². The molecule has 1 heterocycles. The third-order valence-corrected chi connectivity index (χ3v) is 3.99. The average molecular weight is 394 g/mol. The molecule has 1 amide bonds. The first-order chi connectivity index (χ1) is 13.0. The second kappa shape index (κ2) is 14.2. The molecule has 160 valence electrons. The molecule has 0 radical (unpaired) electrons. The van der Waals surface area contributed by atoms with Gasteiger partial charge in [-0.3, -0.25) is 4.79 Å². The molecular formula is C17H34N2O8. The molecule has 0 aromatic rings. The van der Waals surface area contributed by atoms with E-state index in [9.17, 15) is 15.0 Å². The van der Waals surface area contributed by atoms with Crippen LogP contribution in [0.15, 0.2) is 0 Å². The van der Waals surface area contributed by atoms with Gasteiger partial charge in [0, 0.05) is 13.5 Å². The van der Waals surface area contributed by atoms with E-state index in [4.69, 9.17) is 29.4 Å². The summed E-state index contributed by atoms with van der Waals surface area (Å²) >= 11 is 0. The fraction of sp³-hybridized carbons (Fsp3) is 0.941. The summed E-state index contributed by atoms with van der Waals surface area (Å²) in [5.74, 6) is -0.345. The van der Waals surface area contributed by atoms with E-state index < -0.39 is 30.6 Å². The van der Waals surface area contributed by atoms with E-state index in [1.54, 1.807) is 0 Å². The summed E-state index contributed by atoms with van der Waals surface area (Å²) in [5, 5.41) is 22.9. The standard InChI is InChI=1S/C17H34N2O8/c1-3-13-15(21)16(22)14(19-12(2)20)17(27-13)26-11-10-25-9-8-24-7-6-23-5-4-18/h13-17,21-22H,3-11,18H2,1-2H3,(H,19,20)/t13-,14-,15+,16-,17+/m1/s1. The number of rotatable bonds is 14. The van der Waals surface area contributed by atoms with Crippen molar-refractivity contribution in [3.8, 4) is 0 Å². The van der Waals surface area contributed by atoms with Crippen LogP contribution < -0.4 is 11.1 Å². The summed E-state index contributed by atoms with van der Waals surface area (Å²) in [4.78, 5) is 11.4. The molecule has 0 aliphatic carbocycles. The lowest BCUT2D eigenvalue weighted by Gasteiger charge is -2.42. The maximum Gasteiger partial charge on any atom is 0.217 e. The minimum absolute atomic E-state index is 0.208. The molecule has 5 N–H and O–H groups in total. The number of hydrogen-bond donors (Lipinski definition) is 4. The number of aliphatic hydroxyl groups excluding tert-OH is 2. The quantitative estimate of drug-likeness (QED) is 0.256. The van der Waals surface area contributed by atoms with Gasteiger partial charge in [0.2, 0.25) is 5.91 Å². The topological polar surface area (TPSA) is 142 Å². The van der Waals surface area contributed by atoms with Gasteiger partial charge in [-0.05, 0) is 6.42 Å². The third kappa shape index (κ3) is 9.26. The number of amides is 1. The van der Waals surface area contributed by atoms with Crippen molar-refractivity contribution in [3.63, 3.8) is 0 Å². The Morgan fingerprint density at radius 2 is 1.56 bits per heavy atom. The molecule has 1 saturated heterocycles. The van der Waals surface area contributed by atoms with E-state index in [2.05, 4.69) is 5.32 Å². The molecule has 0 unspecified atom stereocenters. The zero-order valence-electron chi connectivity index (χ0n) is 16.2. The van der Waals surface area contributed by atoms with Crippen molar-refractivity contribution in [2.24, 2.45) is 5.73 Å². The zero-order valence-corrected chi connectivity index (χ0v) is 16.2. The molecule has 0 saturated carbocycles. The Morgan fingerprint density at radius 1 is 1.00 bits per heavy atom. The van der Waals surface area contributed by atoms with Crippen molar-refractivity contribution < 1.29 is 38.7 Å². The number of hydrogen-bond acceptors (Lipinski definition) is 9. The van der Waals surface area contributed by atoms with Crippen molar-refractivity contribution in [3.05, 3.63) is 0 Å². The highest BCUT2D eigenvalue weighted by Crippen LogP contribution is 2.24. The van der Waals surface area contributed by atoms with Crippen molar-refractivity contribution in [1.29, 1.82) is 0 Å². The highest BCUT2D eigenvalue weighted by Gasteiger charge is 2.44. The van der Waals surface area contributed by atoms with Crippen LogP contribution in [0.5, 0.6) is 0 Å². The lowest BCUT2D eigenvalue weighted by atomic mass is 9.95. The second-order valence-corrected chi connectivity index (χ2v) is 6.16. The summed E-state index contributed by atoms with van der Waals surface area (Å²) in [6.07, 6.45) is -3.18. The fourth-order valence-corrected chi connectivity index (χ4v) is 2.65. The Balaban J connectivity index is 2.23. The van der Waals surface area contributed by atoms with E-state index in [1.165, 1.54) is 6.92 Å². The second-order valence-electron chi connectivity index (χ2n) is 6.16. The van der Waals surface area contributed by atoms with Crippen LogP contribution in [-0.2, 0) is 28.5 Å². The number of ether oxygens (including phenoxy) is 5. The van der Waals surface area contributed by atoms with Crippen LogP contribution in [0.2, 0.25) is 0 Å². The summed E-state index contributed by atoms with van der Waals surface area (Å²) in [5.41, 5.74) is 5.30. The van der Waals surface area contributed by atoms with Gasteiger partial charge in [-0.25, -0.2) is 0 Å². The van der Waals surface area contributed by atoms with E-state index in [0.717, 1.165) is 0 Å². The highest BCUT2D eigenvalue weighted by atomic mass is 16.7. The highest BCUT2D eigenvalue weighted by molar-refractivity contribution is 5.73. The molecule has 0 aromatic carbocycles. The van der Waals surface area contributed by atoms with Gasteiger partial charge in [-0.2, -0.15) is 0 Å². The van der Waals surface area contributed by atoms with Gasteiger partial charge >= 0.3 is 0 Å². The Labute approximate surface area is 160 Å². The van der Waals surface area contributed by atoms with E-state index in [0.29, 0.717) is 52.6 Å². The van der Waals surface area contributed by atoms with Crippen LogP contribution in [-0.4, -0.2) is 99.6 Å². The van der Waals surface area contributed by atoms with E-state index >= 15 is 0 Å². The molecule has 1 fully saturated rings. The first-order valence-electron chi connectivity index (χ1n) is 9.34. The van der Waals surface area contributed by atoms with Crippen LogP contribution in [0.1, 0.15) is 20.3 Å². The molecule has 1 aliphatic rings. The first-order valence-corrected chi connectivity index (χ1v) is 9.34. The van der Waals surface area contributed by atoms with Crippen LogP contribution in [0.3, 0.4) is 0 Å². The lowest BCUT2D eigenvalue weighted by molar-refractivity contribution is -0.266. The Hall–Kier alpha value is -0.850. The Kier molecular flexibility index (Phi) is 12.7. The maximum atomic E-state index is 11.4. The summed E-state index contributed by atoms with van der Waals surface area (Å²) < 4.78 is 27.2. The van der Waals surface area contributed by atoms with Gasteiger partial charge in [-0.1, -0.05) is 6.92 Å². The average Bonchev–Trinajstić information content (AvgIpc) is 2.64. The van der Waals surface area contributed by atoms with E-state index in [1.807, 2.05) is 6.92 Å². The monoisotopic (exact) mass is 394 g/mol. The fourth-order valence-electron chi connectivity index (χ4n) is 2.65. The van der Waals surface area contributed by atoms with Gasteiger partial charge in [0.15, 0.2) is 6.29 Å². The van der Waals surface area contributed by atoms with Crippen LogP contribution in [0.4, 0.5) is 0 Å². The Morgan fingerprint density at radius 3 is 2.07 bits per heavy atom. The largest absolute Gasteiger partial charge is 0.388 e. The SMILES string of the molecule is CC[C@H]1O[C@H](OCCOCCOCCOCCN)[C@H](NC(C)=O)[C@@H](O)[C@H]1O. The lowest BCUT2D eigenvalue weighted by Crippen LogP contribution is -2.63. The smallest absolute Gasteiger partial charge is 0.217 e. The molecule has 1 rings (SSSR count). The number of aliphatic hydroxyl groups is 2. The van der Waals surface area contributed by atoms with Gasteiger partial charge < -0.3 is 44.9 Å². The minimum Gasteiger partial charge on any atom is -0.388 e. The summed E-state index contributed by atoms with van der Waals surface area (Å²) in [6.45, 7) is 6.49. The normalized spacial score (nSPS) is 28.3. The Bertz CT molecular complexity index is 401. The molecule has 0 aromatic heterocycles. The van der Waals surface area contributed by atoms with Gasteiger partial charge in [0.05, 0.1) is 52.4 Å². The minimum atomic E-state index is -1.17. The molecule has 0 spiro atoms. The third-order valence-electron chi connectivity index (χ3n) is 3.99. The molecule has 27 heavy (non-hydrogen) atoms. The van der Waals surface area contributed by atoms with Gasteiger partial charge in [0.25, 0.3) is 0 Å². The summed E-state index contributed by atoms with van der Waals surface area (Å²) in [6, 6.07) is -0.850.